The van der Waals surface area contributed by atoms with E-state index < -0.39 is 6.10 Å². The van der Waals surface area contributed by atoms with Crippen molar-refractivity contribution in [3.63, 3.8) is 0 Å². The number of benzene rings is 1. The maximum Gasteiger partial charge on any atom is 0.259 e. The summed E-state index contributed by atoms with van der Waals surface area (Å²) in [7, 11) is 1.68. The number of aryl methyl sites for hydroxylation is 1. The van der Waals surface area contributed by atoms with Crippen LogP contribution < -0.4 is 10.3 Å². The number of hydrogen-bond acceptors (Lipinski definition) is 7. The van der Waals surface area contributed by atoms with E-state index in [1.165, 1.54) is 10.4 Å². The monoisotopic (exact) mass is 471 g/mol. The third-order valence-corrected chi connectivity index (χ3v) is 7.21. The van der Waals surface area contributed by atoms with Crippen LogP contribution in [-0.2, 0) is 24.1 Å². The van der Waals surface area contributed by atoms with E-state index >= 15 is 0 Å². The molecule has 0 radical (unpaired) electrons. The van der Waals surface area contributed by atoms with Gasteiger partial charge in [-0.25, -0.2) is 4.98 Å². The minimum Gasteiger partial charge on any atom is -0.491 e. The van der Waals surface area contributed by atoms with E-state index in [0.717, 1.165) is 48.2 Å². The van der Waals surface area contributed by atoms with Gasteiger partial charge in [0.15, 0.2) is 0 Å². The SMILES string of the molecule is COCCCN(Cc1nc2sc3c(c2c(=O)[nH]1)CCC(C)C3)CC(O)COc1ccccc1. The van der Waals surface area contributed by atoms with Gasteiger partial charge < -0.3 is 19.6 Å². The lowest BCUT2D eigenvalue weighted by molar-refractivity contribution is 0.0609. The first-order valence-electron chi connectivity index (χ1n) is 11.6. The molecule has 1 aliphatic rings. The van der Waals surface area contributed by atoms with Crippen molar-refractivity contribution in [1.82, 2.24) is 14.9 Å². The van der Waals surface area contributed by atoms with Gasteiger partial charge in [-0.2, -0.15) is 0 Å². The molecule has 4 rings (SSSR count). The molecule has 8 heteroatoms. The number of ether oxygens (including phenoxy) is 2. The molecule has 1 aromatic carbocycles. The van der Waals surface area contributed by atoms with Crippen LogP contribution in [0.5, 0.6) is 5.75 Å². The van der Waals surface area contributed by atoms with Gasteiger partial charge >= 0.3 is 0 Å². The first kappa shape index (κ1) is 23.9. The van der Waals surface area contributed by atoms with E-state index in [2.05, 4.69) is 16.8 Å². The molecule has 1 aliphatic carbocycles. The van der Waals surface area contributed by atoms with Crippen molar-refractivity contribution in [2.45, 2.75) is 45.3 Å². The van der Waals surface area contributed by atoms with E-state index in [1.54, 1.807) is 18.4 Å². The summed E-state index contributed by atoms with van der Waals surface area (Å²) in [6.07, 6.45) is 3.26. The summed E-state index contributed by atoms with van der Waals surface area (Å²) in [5.41, 5.74) is 1.14. The van der Waals surface area contributed by atoms with Crippen molar-refractivity contribution in [2.24, 2.45) is 5.92 Å². The van der Waals surface area contributed by atoms with Crippen LogP contribution in [0.25, 0.3) is 10.2 Å². The number of nitrogens with one attached hydrogen (secondary N) is 1. The van der Waals surface area contributed by atoms with Crippen molar-refractivity contribution in [2.75, 3.05) is 33.4 Å². The average Bonchev–Trinajstić information content (AvgIpc) is 3.16. The van der Waals surface area contributed by atoms with Gasteiger partial charge in [0, 0.05) is 31.7 Å². The first-order chi connectivity index (χ1) is 16.0. The van der Waals surface area contributed by atoms with Crippen molar-refractivity contribution >= 4 is 21.6 Å². The van der Waals surface area contributed by atoms with Crippen molar-refractivity contribution in [1.29, 1.82) is 0 Å². The summed E-state index contributed by atoms with van der Waals surface area (Å²) in [6.45, 7) is 4.68. The average molecular weight is 472 g/mol. The Bertz CT molecular complexity index is 1100. The van der Waals surface area contributed by atoms with E-state index in [-0.39, 0.29) is 12.2 Å². The lowest BCUT2D eigenvalue weighted by atomic mass is 9.89. The number of fused-ring (bicyclic) bond motifs is 3. The van der Waals surface area contributed by atoms with E-state index in [9.17, 15) is 9.90 Å². The van der Waals surface area contributed by atoms with Crippen molar-refractivity contribution < 1.29 is 14.6 Å². The van der Waals surface area contributed by atoms with Gasteiger partial charge in [-0.3, -0.25) is 9.69 Å². The third kappa shape index (κ3) is 6.20. The zero-order valence-electron chi connectivity index (χ0n) is 19.4. The van der Waals surface area contributed by atoms with Crippen LogP contribution in [-0.4, -0.2) is 59.5 Å². The number of aliphatic hydroxyl groups is 1. The smallest absolute Gasteiger partial charge is 0.259 e. The van der Waals surface area contributed by atoms with Crippen LogP contribution in [0.3, 0.4) is 0 Å². The standard InChI is InChI=1S/C25H33N3O4S/c1-17-9-10-20-21(13-17)33-25-23(20)24(30)26-22(27-25)15-28(11-6-12-31-2)14-18(29)16-32-19-7-4-3-5-8-19/h3-5,7-8,17-18,29H,6,9-16H2,1-2H3,(H,26,27,30). The molecule has 2 N–H and O–H groups in total. The Morgan fingerprint density at radius 1 is 1.33 bits per heavy atom. The highest BCUT2D eigenvalue weighted by Crippen LogP contribution is 2.35. The van der Waals surface area contributed by atoms with Gasteiger partial charge in [-0.1, -0.05) is 25.1 Å². The minimum atomic E-state index is -0.668. The fourth-order valence-corrected chi connectivity index (χ4v) is 5.81. The molecule has 178 valence electrons. The molecular formula is C25H33N3O4S. The van der Waals surface area contributed by atoms with Crippen LogP contribution in [0, 0.1) is 5.92 Å². The maximum absolute atomic E-state index is 12.9. The molecule has 0 spiro atoms. The van der Waals surface area contributed by atoms with Gasteiger partial charge in [-0.15, -0.1) is 11.3 Å². The molecule has 3 aromatic rings. The van der Waals surface area contributed by atoms with Crippen molar-refractivity contribution in [3.05, 3.63) is 57.0 Å². The molecule has 0 fully saturated rings. The number of thiophene rings is 1. The molecule has 0 saturated carbocycles. The molecule has 0 saturated heterocycles. The topological polar surface area (TPSA) is 87.7 Å². The van der Waals surface area contributed by atoms with Gasteiger partial charge in [0.2, 0.25) is 0 Å². The zero-order valence-corrected chi connectivity index (χ0v) is 20.2. The lowest BCUT2D eigenvalue weighted by Crippen LogP contribution is -2.37. The second kappa shape index (κ2) is 11.2. The first-order valence-corrected chi connectivity index (χ1v) is 12.5. The normalized spacial score (nSPS) is 16.8. The highest BCUT2D eigenvalue weighted by atomic mass is 32.1. The fraction of sp³-hybridized carbons (Fsp3) is 0.520. The van der Waals surface area contributed by atoms with Crippen molar-refractivity contribution in [3.8, 4) is 5.75 Å². The number of nitrogens with zero attached hydrogens (tertiary/aromatic N) is 2. The highest BCUT2D eigenvalue weighted by Gasteiger charge is 2.23. The summed E-state index contributed by atoms with van der Waals surface area (Å²) in [4.78, 5) is 25.0. The van der Waals surface area contributed by atoms with E-state index in [1.807, 2.05) is 30.3 Å². The van der Waals surface area contributed by atoms with Crippen LogP contribution in [0.2, 0.25) is 0 Å². The number of methoxy groups -OCH3 is 1. The van der Waals surface area contributed by atoms with Gasteiger partial charge in [0.1, 0.15) is 29.1 Å². The largest absolute Gasteiger partial charge is 0.491 e. The fourth-order valence-electron chi connectivity index (χ4n) is 4.41. The number of rotatable bonds is 11. The van der Waals surface area contributed by atoms with E-state index in [4.69, 9.17) is 14.5 Å². The van der Waals surface area contributed by atoms with Gasteiger partial charge in [0.05, 0.1) is 11.9 Å². The Balaban J connectivity index is 1.46. The lowest BCUT2D eigenvalue weighted by Gasteiger charge is -2.24. The molecule has 2 heterocycles. The number of aliphatic hydroxyl groups excluding tert-OH is 1. The van der Waals surface area contributed by atoms with E-state index in [0.29, 0.717) is 31.4 Å². The predicted octanol–water partition coefficient (Wildman–Crippen LogP) is 3.39. The number of H-pyrrole nitrogens is 1. The van der Waals surface area contributed by atoms with Gasteiger partial charge in [-0.05, 0) is 49.3 Å². The molecule has 0 bridgehead atoms. The number of hydrogen-bond donors (Lipinski definition) is 2. The summed E-state index contributed by atoms with van der Waals surface area (Å²) >= 11 is 1.66. The van der Waals surface area contributed by atoms with Crippen LogP contribution >= 0.6 is 11.3 Å². The molecule has 7 nitrogen and oxygen atoms in total. The molecule has 2 atom stereocenters. The Hall–Kier alpha value is -2.26. The Labute approximate surface area is 198 Å². The van der Waals surface area contributed by atoms with Crippen LogP contribution in [0.1, 0.15) is 36.0 Å². The third-order valence-electron chi connectivity index (χ3n) is 6.07. The summed E-state index contributed by atoms with van der Waals surface area (Å²) < 4.78 is 10.9. The minimum absolute atomic E-state index is 0.0492. The molecule has 33 heavy (non-hydrogen) atoms. The molecular weight excluding hydrogens is 438 g/mol. The highest BCUT2D eigenvalue weighted by molar-refractivity contribution is 7.18. The summed E-state index contributed by atoms with van der Waals surface area (Å²) in [5, 5.41) is 11.4. The second-order valence-electron chi connectivity index (χ2n) is 8.90. The van der Waals surface area contributed by atoms with Gasteiger partial charge in [0.25, 0.3) is 5.56 Å². The Kier molecular flexibility index (Phi) is 8.14. The number of aromatic nitrogens is 2. The molecule has 0 aliphatic heterocycles. The van der Waals surface area contributed by atoms with Crippen LogP contribution in [0.15, 0.2) is 35.1 Å². The van der Waals surface area contributed by atoms with Crippen LogP contribution in [0.4, 0.5) is 0 Å². The Morgan fingerprint density at radius 2 is 2.15 bits per heavy atom. The molecule has 0 amide bonds. The number of aromatic amines is 1. The summed E-state index contributed by atoms with van der Waals surface area (Å²) in [5.74, 6) is 2.02. The predicted molar refractivity (Wildman–Crippen MR) is 131 cm³/mol. The quantitative estimate of drug-likeness (QED) is 0.417. The summed E-state index contributed by atoms with van der Waals surface area (Å²) in [6, 6.07) is 9.47. The number of para-hydroxylation sites is 1. The second-order valence-corrected chi connectivity index (χ2v) is 9.99. The molecule has 2 unspecified atom stereocenters. The zero-order chi connectivity index (χ0) is 23.2. The maximum atomic E-state index is 12.9. The molecule has 2 aromatic heterocycles. The Morgan fingerprint density at radius 3 is 2.94 bits per heavy atom.